The average Bonchev–Trinajstić information content (AvgIpc) is 3.10. The average molecular weight is 405 g/mol. The number of methoxy groups -OCH3 is 1. The predicted molar refractivity (Wildman–Crippen MR) is 112 cm³/mol. The summed E-state index contributed by atoms with van der Waals surface area (Å²) in [5.74, 6) is 0.306. The van der Waals surface area contributed by atoms with Crippen LogP contribution in [0.1, 0.15) is 51.9 Å². The Morgan fingerprint density at radius 3 is 2.64 bits per heavy atom. The van der Waals surface area contributed by atoms with E-state index in [1.807, 2.05) is 44.2 Å². The van der Waals surface area contributed by atoms with Crippen molar-refractivity contribution in [1.82, 2.24) is 15.6 Å². The number of thiazole rings is 1. The summed E-state index contributed by atoms with van der Waals surface area (Å²) in [5, 5.41) is 7.39. The summed E-state index contributed by atoms with van der Waals surface area (Å²) in [7, 11) is 3.40. The number of benzene rings is 1. The summed E-state index contributed by atoms with van der Waals surface area (Å²) in [4.78, 5) is 21.3. The molecule has 1 heterocycles. The molecule has 0 aliphatic rings. The molecule has 0 radical (unpaired) electrons. The number of nitrogens with one attached hydrogen (secondary N) is 2. The molecule has 0 spiro atoms. The van der Waals surface area contributed by atoms with Crippen LogP contribution < -0.4 is 10.6 Å². The van der Waals surface area contributed by atoms with Gasteiger partial charge in [-0.1, -0.05) is 30.3 Å². The lowest BCUT2D eigenvalue weighted by molar-refractivity contribution is 0.0531. The highest BCUT2D eigenvalue weighted by molar-refractivity contribution is 7.13. The van der Waals surface area contributed by atoms with Crippen molar-refractivity contribution in [1.29, 1.82) is 0 Å². The van der Waals surface area contributed by atoms with Crippen molar-refractivity contribution in [2.75, 3.05) is 27.3 Å². The molecule has 1 aromatic carbocycles. The van der Waals surface area contributed by atoms with Crippen molar-refractivity contribution < 1.29 is 14.3 Å². The zero-order chi connectivity index (χ0) is 20.5. The highest BCUT2D eigenvalue weighted by atomic mass is 32.1. The second-order valence-corrected chi connectivity index (χ2v) is 7.17. The molecule has 0 bridgehead atoms. The van der Waals surface area contributed by atoms with Crippen molar-refractivity contribution in [3.63, 3.8) is 0 Å². The van der Waals surface area contributed by atoms with Crippen LogP contribution in [0.2, 0.25) is 0 Å². The Hall–Kier alpha value is -2.45. The maximum Gasteiger partial charge on any atom is 0.350 e. The van der Waals surface area contributed by atoms with Crippen molar-refractivity contribution in [3.05, 3.63) is 51.5 Å². The number of esters is 1. The molecule has 0 amide bonds. The van der Waals surface area contributed by atoms with Gasteiger partial charge in [-0.25, -0.2) is 9.78 Å². The molecule has 2 N–H and O–H groups in total. The van der Waals surface area contributed by atoms with Gasteiger partial charge in [-0.05, 0) is 26.3 Å². The Balaban J connectivity index is 1.99. The number of rotatable bonds is 8. The molecule has 0 saturated carbocycles. The Bertz CT molecular complexity index is 792. The largest absolute Gasteiger partial charge is 0.462 e. The number of guanidine groups is 1. The quantitative estimate of drug-likeness (QED) is 0.399. The fourth-order valence-corrected chi connectivity index (χ4v) is 3.61. The van der Waals surface area contributed by atoms with Gasteiger partial charge < -0.3 is 20.1 Å². The molecule has 2 aromatic rings. The van der Waals surface area contributed by atoms with E-state index in [1.165, 1.54) is 11.3 Å². The van der Waals surface area contributed by atoms with Gasteiger partial charge in [-0.2, -0.15) is 0 Å². The van der Waals surface area contributed by atoms with Crippen LogP contribution in [0, 0.1) is 6.92 Å². The molecule has 8 heteroatoms. The van der Waals surface area contributed by atoms with Crippen molar-refractivity contribution >= 4 is 23.3 Å². The molecular formula is C20H28N4O3S. The minimum atomic E-state index is -0.329. The van der Waals surface area contributed by atoms with E-state index in [9.17, 15) is 4.79 Å². The summed E-state index contributed by atoms with van der Waals surface area (Å²) >= 11 is 1.34. The molecule has 2 unspecified atom stereocenters. The zero-order valence-electron chi connectivity index (χ0n) is 17.0. The third-order valence-corrected chi connectivity index (χ3v) is 5.45. The molecule has 28 heavy (non-hydrogen) atoms. The van der Waals surface area contributed by atoms with Gasteiger partial charge in [0.15, 0.2) is 5.96 Å². The summed E-state index contributed by atoms with van der Waals surface area (Å²) in [6.07, 6.45) is -0.0902. The van der Waals surface area contributed by atoms with Gasteiger partial charge in [-0.3, -0.25) is 4.99 Å². The molecular weight excluding hydrogens is 376 g/mol. The molecule has 0 fully saturated rings. The van der Waals surface area contributed by atoms with Crippen LogP contribution in [0.5, 0.6) is 0 Å². The molecule has 1 aromatic heterocycles. The first-order valence-electron chi connectivity index (χ1n) is 9.19. The van der Waals surface area contributed by atoms with Gasteiger partial charge in [0.25, 0.3) is 0 Å². The number of carbonyl (C=O) groups excluding carboxylic acids is 1. The van der Waals surface area contributed by atoms with Gasteiger partial charge in [0, 0.05) is 20.7 Å². The molecule has 0 aliphatic heterocycles. The summed E-state index contributed by atoms with van der Waals surface area (Å²) in [5.41, 5.74) is 1.77. The second kappa shape index (κ2) is 10.8. The molecule has 0 aliphatic carbocycles. The molecule has 2 atom stereocenters. The highest BCUT2D eigenvalue weighted by Gasteiger charge is 2.20. The number of aromatic nitrogens is 1. The third-order valence-electron chi connectivity index (χ3n) is 4.13. The SMILES string of the molecule is CCOC(=O)c1sc(C(C)NC(=NC)NCC(OC)c2ccccc2)nc1C. The first-order valence-corrected chi connectivity index (χ1v) is 10.0. The standard InChI is InChI=1S/C20H28N4O3S/c1-6-27-19(25)17-13(2)23-18(28-17)14(3)24-20(21-4)22-12-16(26-5)15-10-8-7-9-11-15/h7-11,14,16H,6,12H2,1-5H3,(H2,21,22,24). The lowest BCUT2D eigenvalue weighted by atomic mass is 10.1. The Morgan fingerprint density at radius 1 is 1.32 bits per heavy atom. The van der Waals surface area contributed by atoms with E-state index in [2.05, 4.69) is 20.6 Å². The monoisotopic (exact) mass is 404 g/mol. The van der Waals surface area contributed by atoms with E-state index >= 15 is 0 Å². The fourth-order valence-electron chi connectivity index (χ4n) is 2.64. The Morgan fingerprint density at radius 2 is 2.04 bits per heavy atom. The van der Waals surface area contributed by atoms with Crippen LogP contribution in [0.4, 0.5) is 0 Å². The zero-order valence-corrected chi connectivity index (χ0v) is 17.8. The van der Waals surface area contributed by atoms with E-state index in [-0.39, 0.29) is 18.1 Å². The minimum absolute atomic E-state index is 0.0902. The van der Waals surface area contributed by atoms with Crippen molar-refractivity contribution in [2.24, 2.45) is 4.99 Å². The van der Waals surface area contributed by atoms with E-state index in [0.717, 1.165) is 10.6 Å². The van der Waals surface area contributed by atoms with E-state index in [0.29, 0.717) is 29.7 Å². The number of hydrogen-bond acceptors (Lipinski definition) is 6. The highest BCUT2D eigenvalue weighted by Crippen LogP contribution is 2.24. The van der Waals surface area contributed by atoms with Crippen LogP contribution in [-0.2, 0) is 9.47 Å². The summed E-state index contributed by atoms with van der Waals surface area (Å²) in [6.45, 7) is 6.49. The molecule has 0 saturated heterocycles. The molecule has 2 rings (SSSR count). The number of aryl methyl sites for hydroxylation is 1. The van der Waals surface area contributed by atoms with Crippen molar-refractivity contribution in [3.8, 4) is 0 Å². The third kappa shape index (κ3) is 5.77. The van der Waals surface area contributed by atoms with E-state index in [1.54, 1.807) is 21.1 Å². The fraction of sp³-hybridized carbons (Fsp3) is 0.450. The Kier molecular flexibility index (Phi) is 8.41. The van der Waals surface area contributed by atoms with Crippen LogP contribution in [0.25, 0.3) is 0 Å². The first kappa shape index (κ1) is 21.8. The predicted octanol–water partition coefficient (Wildman–Crippen LogP) is 3.24. The van der Waals surface area contributed by atoms with Crippen LogP contribution in [-0.4, -0.2) is 44.2 Å². The topological polar surface area (TPSA) is 84.8 Å². The maximum absolute atomic E-state index is 12.0. The van der Waals surface area contributed by atoms with Crippen LogP contribution in [0.15, 0.2) is 35.3 Å². The second-order valence-electron chi connectivity index (χ2n) is 6.14. The molecule has 7 nitrogen and oxygen atoms in total. The Labute approximate surface area is 170 Å². The number of aliphatic imine (C=N–C) groups is 1. The van der Waals surface area contributed by atoms with E-state index < -0.39 is 0 Å². The van der Waals surface area contributed by atoms with Crippen molar-refractivity contribution in [2.45, 2.75) is 32.9 Å². The lowest BCUT2D eigenvalue weighted by Crippen LogP contribution is -2.40. The van der Waals surface area contributed by atoms with Gasteiger partial charge in [-0.15, -0.1) is 11.3 Å². The number of hydrogen-bond donors (Lipinski definition) is 2. The normalized spacial score (nSPS) is 13.7. The first-order chi connectivity index (χ1) is 13.5. The number of nitrogens with zero attached hydrogens (tertiary/aromatic N) is 2. The van der Waals surface area contributed by atoms with Crippen LogP contribution >= 0.6 is 11.3 Å². The van der Waals surface area contributed by atoms with Gasteiger partial charge >= 0.3 is 5.97 Å². The summed E-state index contributed by atoms with van der Waals surface area (Å²) < 4.78 is 10.7. The van der Waals surface area contributed by atoms with Gasteiger partial charge in [0.2, 0.25) is 0 Å². The van der Waals surface area contributed by atoms with Gasteiger partial charge in [0.1, 0.15) is 9.88 Å². The number of carbonyl (C=O) groups is 1. The smallest absolute Gasteiger partial charge is 0.350 e. The maximum atomic E-state index is 12.0. The lowest BCUT2D eigenvalue weighted by Gasteiger charge is -2.20. The van der Waals surface area contributed by atoms with E-state index in [4.69, 9.17) is 9.47 Å². The van der Waals surface area contributed by atoms with Gasteiger partial charge in [0.05, 0.1) is 24.4 Å². The number of ether oxygens (including phenoxy) is 2. The molecule has 152 valence electrons. The van der Waals surface area contributed by atoms with Crippen LogP contribution in [0.3, 0.4) is 0 Å². The summed E-state index contributed by atoms with van der Waals surface area (Å²) in [6, 6.07) is 9.90. The minimum Gasteiger partial charge on any atom is -0.462 e.